The van der Waals surface area contributed by atoms with Crippen molar-refractivity contribution in [3.05, 3.63) is 18.0 Å². The van der Waals surface area contributed by atoms with Crippen molar-refractivity contribution in [3.63, 3.8) is 0 Å². The lowest BCUT2D eigenvalue weighted by molar-refractivity contribution is 0.658. The van der Waals surface area contributed by atoms with Crippen LogP contribution in [0.2, 0.25) is 0 Å². The average Bonchev–Trinajstić information content (AvgIpc) is 2.76. The van der Waals surface area contributed by atoms with Crippen molar-refractivity contribution in [2.24, 2.45) is 4.99 Å². The first kappa shape index (κ1) is 10.0. The molecule has 15 heavy (non-hydrogen) atoms. The van der Waals surface area contributed by atoms with Crippen LogP contribution in [0.25, 0.3) is 0 Å². The third kappa shape index (κ3) is 2.71. The zero-order valence-electron chi connectivity index (χ0n) is 9.03. The standard InChI is InChI=1S/C10H17N5/c1-2-15-8-9(7-14-15)6-13-10-11-4-3-5-12-10/h7-8H,2-6H2,1H3,(H2,11,12,13). The maximum absolute atomic E-state index is 4.34. The highest BCUT2D eigenvalue weighted by Crippen LogP contribution is 1.97. The Morgan fingerprint density at radius 3 is 3.20 bits per heavy atom. The molecule has 0 amide bonds. The molecular weight excluding hydrogens is 190 g/mol. The topological polar surface area (TPSA) is 54.2 Å². The number of aliphatic imine (C=N–C) groups is 1. The molecule has 0 saturated heterocycles. The third-order valence-electron chi connectivity index (χ3n) is 2.37. The van der Waals surface area contributed by atoms with Crippen molar-refractivity contribution in [2.45, 2.75) is 26.4 Å². The summed E-state index contributed by atoms with van der Waals surface area (Å²) in [5, 5.41) is 10.7. The molecule has 0 atom stereocenters. The van der Waals surface area contributed by atoms with Gasteiger partial charge in [0.15, 0.2) is 5.96 Å². The Labute approximate surface area is 89.6 Å². The largest absolute Gasteiger partial charge is 0.356 e. The average molecular weight is 207 g/mol. The van der Waals surface area contributed by atoms with Gasteiger partial charge in [-0.25, -0.2) is 0 Å². The lowest BCUT2D eigenvalue weighted by Gasteiger charge is -2.15. The fourth-order valence-electron chi connectivity index (χ4n) is 1.51. The molecule has 0 aromatic carbocycles. The highest BCUT2D eigenvalue weighted by molar-refractivity contribution is 5.80. The highest BCUT2D eigenvalue weighted by atomic mass is 15.3. The summed E-state index contributed by atoms with van der Waals surface area (Å²) in [6.07, 6.45) is 5.06. The van der Waals surface area contributed by atoms with Crippen LogP contribution < -0.4 is 10.6 Å². The van der Waals surface area contributed by atoms with E-state index in [0.717, 1.165) is 38.6 Å². The molecule has 0 unspecified atom stereocenters. The van der Waals surface area contributed by atoms with Gasteiger partial charge in [-0.2, -0.15) is 5.10 Å². The Balaban J connectivity index is 1.84. The van der Waals surface area contributed by atoms with Crippen molar-refractivity contribution < 1.29 is 0 Å². The van der Waals surface area contributed by atoms with E-state index in [-0.39, 0.29) is 0 Å². The number of aromatic nitrogens is 2. The van der Waals surface area contributed by atoms with E-state index < -0.39 is 0 Å². The fourth-order valence-corrected chi connectivity index (χ4v) is 1.51. The predicted molar refractivity (Wildman–Crippen MR) is 59.7 cm³/mol. The zero-order valence-corrected chi connectivity index (χ0v) is 9.03. The molecule has 1 aromatic heterocycles. The number of hydrogen-bond acceptors (Lipinski definition) is 4. The first-order valence-electron chi connectivity index (χ1n) is 5.42. The lowest BCUT2D eigenvalue weighted by atomic mass is 10.3. The minimum Gasteiger partial charge on any atom is -0.356 e. The lowest BCUT2D eigenvalue weighted by Crippen LogP contribution is -2.40. The monoisotopic (exact) mass is 207 g/mol. The minimum absolute atomic E-state index is 0.784. The van der Waals surface area contributed by atoms with Gasteiger partial charge in [0.25, 0.3) is 0 Å². The van der Waals surface area contributed by atoms with Crippen LogP contribution in [0.1, 0.15) is 18.9 Å². The van der Waals surface area contributed by atoms with Gasteiger partial charge >= 0.3 is 0 Å². The number of nitrogens with one attached hydrogen (secondary N) is 2. The van der Waals surface area contributed by atoms with E-state index >= 15 is 0 Å². The van der Waals surface area contributed by atoms with Gasteiger partial charge in [-0.3, -0.25) is 9.67 Å². The van der Waals surface area contributed by atoms with Crippen LogP contribution in [0.5, 0.6) is 0 Å². The smallest absolute Gasteiger partial charge is 0.191 e. The van der Waals surface area contributed by atoms with Crippen molar-refractivity contribution in [2.75, 3.05) is 13.1 Å². The van der Waals surface area contributed by atoms with Crippen LogP contribution in [0, 0.1) is 0 Å². The molecule has 0 spiro atoms. The second-order valence-electron chi connectivity index (χ2n) is 3.57. The normalized spacial score (nSPS) is 15.7. The van der Waals surface area contributed by atoms with Gasteiger partial charge in [0.1, 0.15) is 0 Å². The van der Waals surface area contributed by atoms with Gasteiger partial charge in [-0.1, -0.05) is 0 Å². The maximum Gasteiger partial charge on any atom is 0.191 e. The van der Waals surface area contributed by atoms with E-state index in [2.05, 4.69) is 33.8 Å². The third-order valence-corrected chi connectivity index (χ3v) is 2.37. The molecule has 2 rings (SSSR count). The summed E-state index contributed by atoms with van der Waals surface area (Å²) < 4.78 is 1.92. The molecule has 0 saturated carbocycles. The second-order valence-corrected chi connectivity index (χ2v) is 3.57. The van der Waals surface area contributed by atoms with Crippen LogP contribution in [0.15, 0.2) is 17.4 Å². The van der Waals surface area contributed by atoms with Crippen molar-refractivity contribution in [1.82, 2.24) is 20.4 Å². The van der Waals surface area contributed by atoms with Crippen LogP contribution in [0.4, 0.5) is 0 Å². The predicted octanol–water partition coefficient (Wildman–Crippen LogP) is 0.342. The van der Waals surface area contributed by atoms with E-state index in [1.165, 1.54) is 5.56 Å². The Kier molecular flexibility index (Phi) is 3.22. The number of rotatable bonds is 3. The molecule has 1 aromatic rings. The quantitative estimate of drug-likeness (QED) is 0.751. The SMILES string of the molecule is CCn1cc(CNC2=NCCCN2)cn1. The highest BCUT2D eigenvalue weighted by Gasteiger charge is 2.03. The Morgan fingerprint density at radius 2 is 2.53 bits per heavy atom. The molecule has 5 heteroatoms. The Morgan fingerprint density at radius 1 is 1.60 bits per heavy atom. The van der Waals surface area contributed by atoms with Gasteiger partial charge in [-0.15, -0.1) is 0 Å². The zero-order chi connectivity index (χ0) is 10.5. The number of hydrogen-bond donors (Lipinski definition) is 2. The summed E-state index contributed by atoms with van der Waals surface area (Å²) in [6, 6.07) is 0. The number of guanidine groups is 1. The maximum atomic E-state index is 4.34. The molecule has 0 aliphatic carbocycles. The van der Waals surface area contributed by atoms with Crippen LogP contribution in [0.3, 0.4) is 0 Å². The summed E-state index contributed by atoms with van der Waals surface area (Å²) in [5.74, 6) is 0.908. The van der Waals surface area contributed by atoms with E-state index in [9.17, 15) is 0 Å². The molecule has 2 heterocycles. The molecule has 0 fully saturated rings. The first-order chi connectivity index (χ1) is 7.38. The van der Waals surface area contributed by atoms with E-state index in [1.54, 1.807) is 0 Å². The molecule has 0 bridgehead atoms. The molecule has 82 valence electrons. The van der Waals surface area contributed by atoms with Crippen molar-refractivity contribution >= 4 is 5.96 Å². The minimum atomic E-state index is 0.784. The Bertz CT molecular complexity index is 341. The van der Waals surface area contributed by atoms with E-state index in [0.29, 0.717) is 0 Å². The summed E-state index contributed by atoms with van der Waals surface area (Å²) in [6.45, 7) is 5.71. The van der Waals surface area contributed by atoms with Gasteiger partial charge in [0.2, 0.25) is 0 Å². The number of nitrogens with zero attached hydrogens (tertiary/aromatic N) is 3. The molecule has 5 nitrogen and oxygen atoms in total. The van der Waals surface area contributed by atoms with E-state index in [4.69, 9.17) is 0 Å². The molecule has 2 N–H and O–H groups in total. The van der Waals surface area contributed by atoms with Gasteiger partial charge < -0.3 is 10.6 Å². The summed E-state index contributed by atoms with van der Waals surface area (Å²) in [7, 11) is 0. The van der Waals surface area contributed by atoms with E-state index in [1.807, 2.05) is 10.9 Å². The molecule has 0 radical (unpaired) electrons. The summed E-state index contributed by atoms with van der Waals surface area (Å²) >= 11 is 0. The van der Waals surface area contributed by atoms with Gasteiger partial charge in [-0.05, 0) is 13.3 Å². The fraction of sp³-hybridized carbons (Fsp3) is 0.600. The number of aryl methyl sites for hydroxylation is 1. The van der Waals surface area contributed by atoms with Gasteiger partial charge in [0, 0.05) is 37.9 Å². The molecule has 1 aliphatic heterocycles. The van der Waals surface area contributed by atoms with Crippen molar-refractivity contribution in [3.8, 4) is 0 Å². The first-order valence-corrected chi connectivity index (χ1v) is 5.42. The second kappa shape index (κ2) is 4.82. The Hall–Kier alpha value is -1.52. The molecule has 1 aliphatic rings. The van der Waals surface area contributed by atoms with Gasteiger partial charge in [0.05, 0.1) is 6.20 Å². The van der Waals surface area contributed by atoms with Crippen molar-refractivity contribution in [1.29, 1.82) is 0 Å². The molecular formula is C10H17N5. The summed E-state index contributed by atoms with van der Waals surface area (Å²) in [4.78, 5) is 4.34. The summed E-state index contributed by atoms with van der Waals surface area (Å²) in [5.41, 5.74) is 1.19. The van der Waals surface area contributed by atoms with Crippen LogP contribution in [-0.4, -0.2) is 28.8 Å². The van der Waals surface area contributed by atoms with Crippen LogP contribution in [-0.2, 0) is 13.1 Å². The van der Waals surface area contributed by atoms with Crippen LogP contribution >= 0.6 is 0 Å².